The molecule has 5 nitrogen and oxygen atoms in total. The van der Waals surface area contributed by atoms with Gasteiger partial charge in [-0.25, -0.2) is 4.98 Å². The largest absolute Gasteiger partial charge is 0.475 e. The van der Waals surface area contributed by atoms with Crippen LogP contribution in [0.5, 0.6) is 5.88 Å². The number of benzene rings is 1. The van der Waals surface area contributed by atoms with Crippen LogP contribution in [0.4, 0.5) is 11.6 Å². The maximum atomic E-state index is 5.96. The number of para-hydroxylation sites is 1. The average Bonchev–Trinajstić information content (AvgIpc) is 2.38. The molecule has 1 atom stereocenters. The number of ether oxygens (including phenoxy) is 1. The van der Waals surface area contributed by atoms with Crippen LogP contribution >= 0.6 is 0 Å². The Balaban J connectivity index is 2.22. The zero-order chi connectivity index (χ0) is 14.5. The minimum Gasteiger partial charge on any atom is -0.475 e. The molecule has 3 N–H and O–H groups in total. The third-order valence-electron chi connectivity index (χ3n) is 2.68. The Kier molecular flexibility index (Phi) is 4.53. The van der Waals surface area contributed by atoms with Crippen molar-refractivity contribution >= 4 is 11.6 Å². The number of hydrogen-bond donors (Lipinski definition) is 2. The molecule has 0 fully saturated rings. The van der Waals surface area contributed by atoms with Gasteiger partial charge >= 0.3 is 0 Å². The highest BCUT2D eigenvalue weighted by Gasteiger charge is 2.08. The molecule has 0 bridgehead atoms. The van der Waals surface area contributed by atoms with Crippen molar-refractivity contribution in [2.24, 2.45) is 5.73 Å². The van der Waals surface area contributed by atoms with Gasteiger partial charge in [0.15, 0.2) is 0 Å². The van der Waals surface area contributed by atoms with Crippen LogP contribution in [0.2, 0.25) is 0 Å². The van der Waals surface area contributed by atoms with Gasteiger partial charge in [-0.3, -0.25) is 0 Å². The summed E-state index contributed by atoms with van der Waals surface area (Å²) in [6, 6.07) is 9.53. The molecule has 0 saturated carbocycles. The van der Waals surface area contributed by atoms with Crippen LogP contribution in [0.15, 0.2) is 36.5 Å². The van der Waals surface area contributed by atoms with Crippen molar-refractivity contribution in [3.8, 4) is 5.88 Å². The molecule has 0 radical (unpaired) electrons. The van der Waals surface area contributed by atoms with E-state index >= 15 is 0 Å². The lowest BCUT2D eigenvalue weighted by atomic mass is 10.1. The average molecular weight is 272 g/mol. The lowest BCUT2D eigenvalue weighted by molar-refractivity contribution is 0.232. The molecule has 1 aromatic carbocycles. The smallest absolute Gasteiger partial charge is 0.230 e. The highest BCUT2D eigenvalue weighted by molar-refractivity contribution is 5.59. The molecule has 1 aromatic heterocycles. The topological polar surface area (TPSA) is 73.1 Å². The minimum atomic E-state index is -0.0613. The zero-order valence-corrected chi connectivity index (χ0v) is 12.0. The molecule has 1 heterocycles. The minimum absolute atomic E-state index is 0.0613. The van der Waals surface area contributed by atoms with Crippen molar-refractivity contribution < 1.29 is 4.74 Å². The van der Waals surface area contributed by atoms with Crippen molar-refractivity contribution in [1.29, 1.82) is 0 Å². The van der Waals surface area contributed by atoms with Crippen LogP contribution in [0.25, 0.3) is 0 Å². The number of anilines is 2. The van der Waals surface area contributed by atoms with Gasteiger partial charge in [-0.1, -0.05) is 18.2 Å². The van der Waals surface area contributed by atoms with E-state index in [1.165, 1.54) is 0 Å². The van der Waals surface area contributed by atoms with E-state index in [0.717, 1.165) is 11.3 Å². The molecule has 0 amide bonds. The van der Waals surface area contributed by atoms with E-state index in [9.17, 15) is 0 Å². The van der Waals surface area contributed by atoms with Crippen LogP contribution < -0.4 is 15.8 Å². The molecule has 2 rings (SSSR count). The maximum Gasteiger partial charge on any atom is 0.230 e. The second kappa shape index (κ2) is 6.34. The molecular weight excluding hydrogens is 252 g/mol. The molecule has 0 saturated heterocycles. The summed E-state index contributed by atoms with van der Waals surface area (Å²) < 4.78 is 5.55. The van der Waals surface area contributed by atoms with Crippen LogP contribution in [0.3, 0.4) is 0 Å². The lowest BCUT2D eigenvalue weighted by Crippen LogP contribution is -2.10. The maximum absolute atomic E-state index is 5.96. The highest BCUT2D eigenvalue weighted by Crippen LogP contribution is 2.23. The van der Waals surface area contributed by atoms with Gasteiger partial charge in [-0.05, 0) is 32.4 Å². The number of hydrogen-bond acceptors (Lipinski definition) is 5. The number of nitrogens with one attached hydrogen (secondary N) is 1. The van der Waals surface area contributed by atoms with E-state index in [4.69, 9.17) is 10.5 Å². The molecule has 0 aliphatic rings. The number of nitrogens with two attached hydrogens (primary N) is 1. The van der Waals surface area contributed by atoms with Crippen molar-refractivity contribution in [3.05, 3.63) is 42.1 Å². The molecule has 106 valence electrons. The van der Waals surface area contributed by atoms with Crippen LogP contribution in [-0.2, 0) is 0 Å². The van der Waals surface area contributed by atoms with Gasteiger partial charge in [0, 0.05) is 24.0 Å². The van der Waals surface area contributed by atoms with Gasteiger partial charge in [-0.15, -0.1) is 0 Å². The summed E-state index contributed by atoms with van der Waals surface area (Å²) in [6.07, 6.45) is 1.75. The summed E-state index contributed by atoms with van der Waals surface area (Å²) in [5.41, 5.74) is 7.88. The monoisotopic (exact) mass is 272 g/mol. The summed E-state index contributed by atoms with van der Waals surface area (Å²) in [4.78, 5) is 8.52. The SMILES string of the molecule is CC(C)Oc1ccnc(Nc2ccccc2C(C)N)n1. The van der Waals surface area contributed by atoms with Crippen LogP contribution in [0, 0.1) is 0 Å². The second-order valence-corrected chi connectivity index (χ2v) is 4.89. The first kappa shape index (κ1) is 14.3. The van der Waals surface area contributed by atoms with Crippen molar-refractivity contribution in [2.75, 3.05) is 5.32 Å². The molecule has 2 aromatic rings. The van der Waals surface area contributed by atoms with E-state index < -0.39 is 0 Å². The summed E-state index contributed by atoms with van der Waals surface area (Å²) >= 11 is 0. The standard InChI is InChI=1S/C15H20N4O/c1-10(2)20-14-8-9-17-15(19-14)18-13-7-5-4-6-12(13)11(3)16/h4-11H,16H2,1-3H3,(H,17,18,19). The van der Waals surface area contributed by atoms with Crippen LogP contribution in [0.1, 0.15) is 32.4 Å². The highest BCUT2D eigenvalue weighted by atomic mass is 16.5. The molecule has 0 aliphatic carbocycles. The second-order valence-electron chi connectivity index (χ2n) is 4.89. The van der Waals surface area contributed by atoms with Crippen molar-refractivity contribution in [2.45, 2.75) is 32.9 Å². The zero-order valence-electron chi connectivity index (χ0n) is 12.0. The van der Waals surface area contributed by atoms with Gasteiger partial charge in [0.2, 0.25) is 11.8 Å². The summed E-state index contributed by atoms with van der Waals surface area (Å²) in [7, 11) is 0. The predicted molar refractivity (Wildman–Crippen MR) is 80.1 cm³/mol. The Morgan fingerprint density at radius 1 is 1.15 bits per heavy atom. The summed E-state index contributed by atoms with van der Waals surface area (Å²) in [6.45, 7) is 5.86. The Morgan fingerprint density at radius 3 is 2.60 bits per heavy atom. The third kappa shape index (κ3) is 3.68. The Bertz CT molecular complexity index is 569. The van der Waals surface area contributed by atoms with Gasteiger partial charge in [0.25, 0.3) is 0 Å². The number of nitrogens with zero attached hydrogens (tertiary/aromatic N) is 2. The van der Waals surface area contributed by atoms with E-state index in [1.54, 1.807) is 12.3 Å². The molecule has 5 heteroatoms. The van der Waals surface area contributed by atoms with Crippen molar-refractivity contribution in [3.63, 3.8) is 0 Å². The first-order valence-electron chi connectivity index (χ1n) is 6.67. The van der Waals surface area contributed by atoms with Gasteiger partial charge in [0.05, 0.1) is 6.10 Å². The summed E-state index contributed by atoms with van der Waals surface area (Å²) in [5, 5.41) is 3.19. The Labute approximate surface area is 119 Å². The Morgan fingerprint density at radius 2 is 1.90 bits per heavy atom. The number of rotatable bonds is 5. The van der Waals surface area contributed by atoms with E-state index in [0.29, 0.717) is 11.8 Å². The summed E-state index contributed by atoms with van der Waals surface area (Å²) in [5.74, 6) is 1.05. The van der Waals surface area contributed by atoms with E-state index in [-0.39, 0.29) is 12.1 Å². The molecule has 0 spiro atoms. The fraction of sp³-hybridized carbons (Fsp3) is 0.333. The van der Waals surface area contributed by atoms with Crippen LogP contribution in [-0.4, -0.2) is 16.1 Å². The van der Waals surface area contributed by atoms with Gasteiger partial charge < -0.3 is 15.8 Å². The van der Waals surface area contributed by atoms with Crippen molar-refractivity contribution in [1.82, 2.24) is 9.97 Å². The fourth-order valence-corrected chi connectivity index (χ4v) is 1.84. The third-order valence-corrected chi connectivity index (χ3v) is 2.68. The lowest BCUT2D eigenvalue weighted by Gasteiger charge is -2.14. The molecule has 0 aliphatic heterocycles. The molecule has 1 unspecified atom stereocenters. The normalized spacial score (nSPS) is 12.2. The Hall–Kier alpha value is -2.14. The number of aromatic nitrogens is 2. The fourth-order valence-electron chi connectivity index (χ4n) is 1.84. The van der Waals surface area contributed by atoms with Gasteiger partial charge in [-0.2, -0.15) is 4.98 Å². The molecular formula is C15H20N4O. The first-order chi connectivity index (χ1) is 9.56. The van der Waals surface area contributed by atoms with E-state index in [2.05, 4.69) is 15.3 Å². The van der Waals surface area contributed by atoms with E-state index in [1.807, 2.05) is 45.0 Å². The molecule has 20 heavy (non-hydrogen) atoms. The van der Waals surface area contributed by atoms with Gasteiger partial charge in [0.1, 0.15) is 0 Å². The first-order valence-corrected chi connectivity index (χ1v) is 6.67. The quantitative estimate of drug-likeness (QED) is 0.875. The predicted octanol–water partition coefficient (Wildman–Crippen LogP) is 3.03.